The summed E-state index contributed by atoms with van der Waals surface area (Å²) >= 11 is 0. The maximum absolute atomic E-state index is 12.4. The second kappa shape index (κ2) is 7.23. The summed E-state index contributed by atoms with van der Waals surface area (Å²) in [5.74, 6) is 0.721. The second-order valence-electron chi connectivity index (χ2n) is 7.66. The fraction of sp³-hybridized carbons (Fsp3) is 0.524. The normalized spacial score (nSPS) is 25.1. The molecule has 0 aliphatic heterocycles. The van der Waals surface area contributed by atoms with Crippen LogP contribution in [0.15, 0.2) is 36.7 Å². The summed E-state index contributed by atoms with van der Waals surface area (Å²) in [5, 5.41) is 15.6. The lowest BCUT2D eigenvalue weighted by Gasteiger charge is -2.32. The van der Waals surface area contributed by atoms with E-state index in [2.05, 4.69) is 10.3 Å². The van der Waals surface area contributed by atoms with E-state index < -0.39 is 5.60 Å². The first-order chi connectivity index (χ1) is 12.6. The van der Waals surface area contributed by atoms with Crippen molar-refractivity contribution in [2.24, 2.45) is 0 Å². The molecular formula is C21H26N2O3. The number of hydrogen-bond acceptors (Lipinski definition) is 4. The van der Waals surface area contributed by atoms with E-state index in [4.69, 9.17) is 4.74 Å². The molecule has 2 saturated carbocycles. The van der Waals surface area contributed by atoms with Crippen molar-refractivity contribution in [2.45, 2.75) is 69.1 Å². The number of benzene rings is 1. The predicted octanol–water partition coefficient (Wildman–Crippen LogP) is 3.35. The van der Waals surface area contributed by atoms with Crippen molar-refractivity contribution in [2.75, 3.05) is 0 Å². The van der Waals surface area contributed by atoms with Crippen molar-refractivity contribution in [1.29, 1.82) is 0 Å². The molecular weight excluding hydrogens is 328 g/mol. The van der Waals surface area contributed by atoms with Gasteiger partial charge in [0, 0.05) is 29.2 Å². The average Bonchev–Trinajstić information content (AvgIpc) is 3.12. The van der Waals surface area contributed by atoms with Gasteiger partial charge in [-0.25, -0.2) is 0 Å². The number of hydrogen-bond donors (Lipinski definition) is 2. The van der Waals surface area contributed by atoms with Crippen LogP contribution in [0.25, 0.3) is 10.8 Å². The van der Waals surface area contributed by atoms with E-state index in [0.717, 1.165) is 55.0 Å². The van der Waals surface area contributed by atoms with Gasteiger partial charge < -0.3 is 15.2 Å². The molecule has 1 aromatic heterocycles. The second-order valence-corrected chi connectivity index (χ2v) is 7.66. The Balaban J connectivity index is 1.33. The Morgan fingerprint density at radius 3 is 2.69 bits per heavy atom. The van der Waals surface area contributed by atoms with Gasteiger partial charge in [0.1, 0.15) is 11.4 Å². The molecule has 2 fully saturated rings. The highest BCUT2D eigenvalue weighted by Crippen LogP contribution is 2.32. The molecule has 2 aliphatic carbocycles. The Labute approximate surface area is 153 Å². The first-order valence-electron chi connectivity index (χ1n) is 9.67. The zero-order valence-electron chi connectivity index (χ0n) is 15.0. The number of nitrogens with zero attached hydrogens (tertiary/aromatic N) is 1. The zero-order chi connectivity index (χ0) is 18.0. The van der Waals surface area contributed by atoms with E-state index in [-0.39, 0.29) is 18.1 Å². The maximum Gasteiger partial charge on any atom is 0.252 e. The molecule has 138 valence electrons. The third kappa shape index (κ3) is 3.54. The number of carbonyl (C=O) groups excluding carboxylic acids is 1. The third-order valence-electron chi connectivity index (χ3n) is 5.80. The molecule has 1 amide bonds. The highest BCUT2D eigenvalue weighted by molar-refractivity contribution is 5.87. The highest BCUT2D eigenvalue weighted by atomic mass is 16.5. The fourth-order valence-corrected chi connectivity index (χ4v) is 4.21. The number of amides is 1. The van der Waals surface area contributed by atoms with Crippen molar-refractivity contribution in [3.63, 3.8) is 0 Å². The lowest BCUT2D eigenvalue weighted by molar-refractivity contribution is -0.140. The number of nitrogens with one attached hydrogen (secondary N) is 1. The smallest absolute Gasteiger partial charge is 0.252 e. The van der Waals surface area contributed by atoms with Gasteiger partial charge in [0.2, 0.25) is 0 Å². The lowest BCUT2D eigenvalue weighted by Crippen LogP contribution is -2.50. The molecule has 1 aromatic carbocycles. The molecule has 0 bridgehead atoms. The Kier molecular flexibility index (Phi) is 4.81. The van der Waals surface area contributed by atoms with Gasteiger partial charge in [-0.2, -0.15) is 0 Å². The Morgan fingerprint density at radius 2 is 1.92 bits per heavy atom. The SMILES string of the molecule is O=C(NC1CCC(Oc2cccc3cnccc23)CC1)C1(O)CCCC1. The van der Waals surface area contributed by atoms with Gasteiger partial charge in [0.05, 0.1) is 6.10 Å². The van der Waals surface area contributed by atoms with Gasteiger partial charge in [-0.1, -0.05) is 12.1 Å². The molecule has 5 nitrogen and oxygen atoms in total. The lowest BCUT2D eigenvalue weighted by atomic mass is 9.91. The summed E-state index contributed by atoms with van der Waals surface area (Å²) < 4.78 is 6.25. The van der Waals surface area contributed by atoms with Gasteiger partial charge in [-0.3, -0.25) is 9.78 Å². The summed E-state index contributed by atoms with van der Waals surface area (Å²) in [5.41, 5.74) is -1.13. The van der Waals surface area contributed by atoms with Crippen LogP contribution >= 0.6 is 0 Å². The van der Waals surface area contributed by atoms with Gasteiger partial charge in [0.15, 0.2) is 0 Å². The van der Waals surface area contributed by atoms with Crippen LogP contribution in [0.2, 0.25) is 0 Å². The molecule has 0 spiro atoms. The fourth-order valence-electron chi connectivity index (χ4n) is 4.21. The minimum absolute atomic E-state index is 0.142. The number of aromatic nitrogens is 1. The highest BCUT2D eigenvalue weighted by Gasteiger charge is 2.40. The number of carbonyl (C=O) groups is 1. The number of rotatable bonds is 4. The average molecular weight is 354 g/mol. The quantitative estimate of drug-likeness (QED) is 0.883. The Morgan fingerprint density at radius 1 is 1.15 bits per heavy atom. The van der Waals surface area contributed by atoms with Crippen LogP contribution in [0.3, 0.4) is 0 Å². The van der Waals surface area contributed by atoms with Crippen LogP contribution in [0.1, 0.15) is 51.4 Å². The van der Waals surface area contributed by atoms with Crippen LogP contribution in [-0.4, -0.2) is 33.7 Å². The summed E-state index contributed by atoms with van der Waals surface area (Å²) in [4.78, 5) is 16.5. The van der Waals surface area contributed by atoms with Gasteiger partial charge in [0.25, 0.3) is 5.91 Å². The van der Waals surface area contributed by atoms with Crippen molar-refractivity contribution >= 4 is 16.7 Å². The monoisotopic (exact) mass is 354 g/mol. The first kappa shape index (κ1) is 17.3. The molecule has 4 rings (SSSR count). The van der Waals surface area contributed by atoms with Crippen LogP contribution in [0.5, 0.6) is 5.75 Å². The topological polar surface area (TPSA) is 71.5 Å². The molecule has 2 aromatic rings. The Hall–Kier alpha value is -2.14. The van der Waals surface area contributed by atoms with Gasteiger partial charge in [-0.05, 0) is 63.5 Å². The minimum atomic E-state index is -1.13. The molecule has 2 aliphatic rings. The molecule has 0 unspecified atom stereocenters. The van der Waals surface area contributed by atoms with Crippen LogP contribution in [-0.2, 0) is 4.79 Å². The summed E-state index contributed by atoms with van der Waals surface area (Å²) in [6.07, 6.45) is 10.4. The molecule has 5 heteroatoms. The van der Waals surface area contributed by atoms with Crippen LogP contribution < -0.4 is 10.1 Å². The molecule has 0 radical (unpaired) electrons. The van der Waals surface area contributed by atoms with E-state index in [1.165, 1.54) is 0 Å². The third-order valence-corrected chi connectivity index (χ3v) is 5.80. The van der Waals surface area contributed by atoms with E-state index in [1.807, 2.05) is 30.5 Å². The molecule has 0 atom stereocenters. The van der Waals surface area contributed by atoms with E-state index in [9.17, 15) is 9.90 Å². The predicted molar refractivity (Wildman–Crippen MR) is 100.0 cm³/mol. The Bertz CT molecular complexity index is 772. The van der Waals surface area contributed by atoms with Gasteiger partial charge >= 0.3 is 0 Å². The molecule has 26 heavy (non-hydrogen) atoms. The van der Waals surface area contributed by atoms with Gasteiger partial charge in [-0.15, -0.1) is 0 Å². The molecule has 2 N–H and O–H groups in total. The first-order valence-corrected chi connectivity index (χ1v) is 9.67. The van der Waals surface area contributed by atoms with Crippen molar-refractivity contribution in [1.82, 2.24) is 10.3 Å². The summed E-state index contributed by atoms with van der Waals surface area (Å²) in [6.45, 7) is 0. The summed E-state index contributed by atoms with van der Waals surface area (Å²) in [7, 11) is 0. The standard InChI is InChI=1S/C21H26N2O3/c24-20(21(25)11-1-2-12-21)23-16-6-8-17(9-7-16)26-19-5-3-4-15-14-22-13-10-18(15)19/h3-5,10,13-14,16-17,25H,1-2,6-9,11-12H2,(H,23,24). The zero-order valence-corrected chi connectivity index (χ0v) is 15.0. The largest absolute Gasteiger partial charge is 0.490 e. The van der Waals surface area contributed by atoms with E-state index in [1.54, 1.807) is 6.20 Å². The van der Waals surface area contributed by atoms with E-state index >= 15 is 0 Å². The molecule has 0 saturated heterocycles. The van der Waals surface area contributed by atoms with Crippen molar-refractivity contribution < 1.29 is 14.6 Å². The van der Waals surface area contributed by atoms with Crippen molar-refractivity contribution in [3.05, 3.63) is 36.7 Å². The van der Waals surface area contributed by atoms with Crippen LogP contribution in [0.4, 0.5) is 0 Å². The molecule has 1 heterocycles. The summed E-state index contributed by atoms with van der Waals surface area (Å²) in [6, 6.07) is 8.16. The number of aliphatic hydroxyl groups is 1. The number of pyridine rings is 1. The van der Waals surface area contributed by atoms with E-state index in [0.29, 0.717) is 12.8 Å². The van der Waals surface area contributed by atoms with Crippen molar-refractivity contribution in [3.8, 4) is 5.75 Å². The van der Waals surface area contributed by atoms with Crippen LogP contribution in [0, 0.1) is 0 Å². The number of fused-ring (bicyclic) bond motifs is 1. The minimum Gasteiger partial charge on any atom is -0.490 e. The number of ether oxygens (including phenoxy) is 1. The maximum atomic E-state index is 12.4.